The third-order valence-corrected chi connectivity index (χ3v) is 7.16. The molecule has 0 radical (unpaired) electrons. The van der Waals surface area contributed by atoms with E-state index in [1.54, 1.807) is 0 Å². The highest BCUT2D eigenvalue weighted by Gasteiger charge is 2.20. The molecule has 2 aromatic heterocycles. The van der Waals surface area contributed by atoms with E-state index in [-0.39, 0.29) is 44.4 Å². The second-order valence-corrected chi connectivity index (χ2v) is 9.83. The second kappa shape index (κ2) is 9.71. The van der Waals surface area contributed by atoms with Gasteiger partial charge in [-0.2, -0.15) is 0 Å². The zero-order chi connectivity index (χ0) is 27.0. The van der Waals surface area contributed by atoms with Crippen molar-refractivity contribution in [2.24, 2.45) is 0 Å². The van der Waals surface area contributed by atoms with Crippen molar-refractivity contribution in [1.29, 1.82) is 0 Å². The molecule has 38 heavy (non-hydrogen) atoms. The fourth-order valence-electron chi connectivity index (χ4n) is 4.05. The molecule has 0 saturated heterocycles. The van der Waals surface area contributed by atoms with E-state index in [1.165, 1.54) is 84.7 Å². The van der Waals surface area contributed by atoms with Crippen LogP contribution in [0.1, 0.15) is 12.0 Å². The largest absolute Gasteiger partial charge is 0.495 e. The van der Waals surface area contributed by atoms with Crippen LogP contribution in [-0.4, -0.2) is 25.3 Å². The number of halogens is 3. The summed E-state index contributed by atoms with van der Waals surface area (Å²) < 4.78 is 80.8. The van der Waals surface area contributed by atoms with E-state index in [0.717, 1.165) is 6.07 Å². The van der Waals surface area contributed by atoms with Crippen LogP contribution in [0.3, 0.4) is 0 Å². The highest BCUT2D eigenvalue weighted by molar-refractivity contribution is 7.92. The molecule has 0 bridgehead atoms. The topological polar surface area (TPSA) is 103 Å². The summed E-state index contributed by atoms with van der Waals surface area (Å²) in [4.78, 5) is 12.8. The third-order valence-electron chi connectivity index (χ3n) is 5.81. The molecule has 0 aliphatic carbocycles. The lowest BCUT2D eigenvalue weighted by Crippen LogP contribution is -2.19. The minimum absolute atomic E-state index is 0.00513. The Morgan fingerprint density at radius 2 is 1.84 bits per heavy atom. The summed E-state index contributed by atoms with van der Waals surface area (Å²) in [5.74, 6) is -0.676. The SMILES string of the molecule is COc1cc(-c2cccc(C(F)F)c2)c(F)cc1-n1c(=O)ccc2cc(S(=O)(=O)Nc3ccon3)ccc21. The zero-order valence-corrected chi connectivity index (χ0v) is 20.4. The van der Waals surface area contributed by atoms with Gasteiger partial charge in [0.25, 0.3) is 22.0 Å². The Morgan fingerprint density at radius 3 is 2.55 bits per heavy atom. The molecule has 0 fully saturated rings. The number of alkyl halides is 2. The molecule has 0 spiro atoms. The lowest BCUT2D eigenvalue weighted by Gasteiger charge is -2.17. The van der Waals surface area contributed by atoms with Crippen LogP contribution >= 0.6 is 0 Å². The number of nitrogens with zero attached hydrogens (tertiary/aromatic N) is 2. The fourth-order valence-corrected chi connectivity index (χ4v) is 5.07. The summed E-state index contributed by atoms with van der Waals surface area (Å²) in [6.45, 7) is 0. The molecule has 194 valence electrons. The predicted octanol–water partition coefficient (Wildman–Crippen LogP) is 5.53. The average molecular weight is 542 g/mol. The first-order valence-electron chi connectivity index (χ1n) is 11.0. The summed E-state index contributed by atoms with van der Waals surface area (Å²) in [5.41, 5.74) is -0.245. The van der Waals surface area contributed by atoms with E-state index >= 15 is 4.39 Å². The summed E-state index contributed by atoms with van der Waals surface area (Å²) in [5, 5.41) is 3.89. The van der Waals surface area contributed by atoms with Crippen molar-refractivity contribution in [2.75, 3.05) is 11.8 Å². The van der Waals surface area contributed by atoms with Gasteiger partial charge in [-0.1, -0.05) is 23.4 Å². The number of pyridine rings is 1. The fraction of sp³-hybridized carbons (Fsp3) is 0.0769. The van der Waals surface area contributed by atoms with Crippen LogP contribution in [-0.2, 0) is 10.0 Å². The number of hydrogen-bond donors (Lipinski definition) is 1. The van der Waals surface area contributed by atoms with Crippen LogP contribution in [0.25, 0.3) is 27.7 Å². The molecule has 2 heterocycles. The van der Waals surface area contributed by atoms with Crippen LogP contribution in [0, 0.1) is 5.82 Å². The van der Waals surface area contributed by atoms with Gasteiger partial charge in [-0.25, -0.2) is 21.6 Å². The Kier molecular flexibility index (Phi) is 6.41. The van der Waals surface area contributed by atoms with Crippen LogP contribution < -0.4 is 15.0 Å². The molecule has 0 aliphatic rings. The van der Waals surface area contributed by atoms with Gasteiger partial charge in [-0.15, -0.1) is 0 Å². The van der Waals surface area contributed by atoms with E-state index in [2.05, 4.69) is 14.4 Å². The van der Waals surface area contributed by atoms with Gasteiger partial charge in [0.15, 0.2) is 5.82 Å². The number of sulfonamides is 1. The second-order valence-electron chi connectivity index (χ2n) is 8.15. The molecule has 1 N–H and O–H groups in total. The Balaban J connectivity index is 1.63. The van der Waals surface area contributed by atoms with Crippen molar-refractivity contribution < 1.29 is 30.8 Å². The molecule has 0 unspecified atom stereocenters. The molecular weight excluding hydrogens is 523 g/mol. The quantitative estimate of drug-likeness (QED) is 0.291. The number of hydrogen-bond acceptors (Lipinski definition) is 6. The summed E-state index contributed by atoms with van der Waals surface area (Å²) in [7, 11) is -2.70. The Hall–Kier alpha value is -4.58. The van der Waals surface area contributed by atoms with Gasteiger partial charge < -0.3 is 9.26 Å². The first kappa shape index (κ1) is 25.1. The van der Waals surface area contributed by atoms with Gasteiger partial charge in [-0.05, 0) is 42.0 Å². The maximum absolute atomic E-state index is 15.3. The minimum atomic E-state index is -4.03. The van der Waals surface area contributed by atoms with Crippen molar-refractivity contribution in [3.05, 3.63) is 101 Å². The molecule has 8 nitrogen and oxygen atoms in total. The molecule has 5 aromatic rings. The highest BCUT2D eigenvalue weighted by Crippen LogP contribution is 2.35. The number of anilines is 1. The van der Waals surface area contributed by atoms with Gasteiger partial charge in [0, 0.05) is 34.7 Å². The molecule has 0 aliphatic heterocycles. The minimum Gasteiger partial charge on any atom is -0.495 e. The molecule has 0 atom stereocenters. The van der Waals surface area contributed by atoms with Gasteiger partial charge in [0.1, 0.15) is 17.8 Å². The first-order valence-corrected chi connectivity index (χ1v) is 12.5. The van der Waals surface area contributed by atoms with E-state index in [0.29, 0.717) is 5.39 Å². The molecule has 0 saturated carbocycles. The van der Waals surface area contributed by atoms with Crippen LogP contribution in [0.5, 0.6) is 5.75 Å². The van der Waals surface area contributed by atoms with Gasteiger partial charge in [-0.3, -0.25) is 14.1 Å². The standard InChI is InChI=1S/C26H18F3N3O5S/c1-36-23-13-19(15-3-2-4-17(11-15)26(28)29)20(27)14-22(23)32-21-7-6-18(12-16(21)5-8-25(32)33)38(34,35)31-24-9-10-37-30-24/h2-14,26H,1H3,(H,30,31). The number of benzene rings is 3. The predicted molar refractivity (Wildman–Crippen MR) is 134 cm³/mol. The molecule has 12 heteroatoms. The van der Waals surface area contributed by atoms with Crippen LogP contribution in [0.15, 0.2) is 93.3 Å². The van der Waals surface area contributed by atoms with Crippen molar-refractivity contribution in [2.45, 2.75) is 11.3 Å². The van der Waals surface area contributed by atoms with Crippen molar-refractivity contribution in [1.82, 2.24) is 9.72 Å². The molecule has 0 amide bonds. The van der Waals surface area contributed by atoms with Gasteiger partial charge >= 0.3 is 0 Å². The molecule has 5 rings (SSSR count). The van der Waals surface area contributed by atoms with Crippen LogP contribution in [0.2, 0.25) is 0 Å². The lowest BCUT2D eigenvalue weighted by molar-refractivity contribution is 0.151. The van der Waals surface area contributed by atoms with Crippen LogP contribution in [0.4, 0.5) is 19.0 Å². The number of nitrogens with one attached hydrogen (secondary N) is 1. The number of rotatable bonds is 7. The lowest BCUT2D eigenvalue weighted by atomic mass is 10.0. The normalized spacial score (nSPS) is 11.7. The van der Waals surface area contributed by atoms with Gasteiger partial charge in [0.2, 0.25) is 0 Å². The van der Waals surface area contributed by atoms with E-state index in [9.17, 15) is 22.0 Å². The number of aromatic nitrogens is 2. The average Bonchev–Trinajstić information content (AvgIpc) is 3.40. The van der Waals surface area contributed by atoms with E-state index in [4.69, 9.17) is 4.74 Å². The van der Waals surface area contributed by atoms with Crippen molar-refractivity contribution >= 4 is 26.7 Å². The Morgan fingerprint density at radius 1 is 1.03 bits per heavy atom. The monoisotopic (exact) mass is 541 g/mol. The number of methoxy groups -OCH3 is 1. The first-order chi connectivity index (χ1) is 18.2. The maximum Gasteiger partial charge on any atom is 0.263 e. The number of ether oxygens (including phenoxy) is 1. The Bertz CT molecular complexity index is 1820. The maximum atomic E-state index is 15.3. The van der Waals surface area contributed by atoms with E-state index in [1.807, 2.05) is 0 Å². The summed E-state index contributed by atoms with van der Waals surface area (Å²) >= 11 is 0. The van der Waals surface area contributed by atoms with Crippen molar-refractivity contribution in [3.63, 3.8) is 0 Å². The van der Waals surface area contributed by atoms with Gasteiger partial charge in [0.05, 0.1) is 23.2 Å². The van der Waals surface area contributed by atoms with E-state index < -0.39 is 27.8 Å². The zero-order valence-electron chi connectivity index (χ0n) is 19.6. The smallest absolute Gasteiger partial charge is 0.263 e. The Labute approximate surface area is 213 Å². The molecule has 3 aromatic carbocycles. The molecular formula is C26H18F3N3O5S. The highest BCUT2D eigenvalue weighted by atomic mass is 32.2. The summed E-state index contributed by atoms with van der Waals surface area (Å²) in [6.07, 6.45) is -1.52. The number of fused-ring (bicyclic) bond motifs is 1. The third kappa shape index (κ3) is 4.61. The van der Waals surface area contributed by atoms with Crippen molar-refractivity contribution in [3.8, 4) is 22.6 Å². The summed E-state index contributed by atoms with van der Waals surface area (Å²) in [6, 6.07) is 15.7.